The Kier molecular flexibility index (Phi) is 5.43. The smallest absolute Gasteiger partial charge is 0.275 e. The van der Waals surface area contributed by atoms with Gasteiger partial charge < -0.3 is 20.3 Å². The van der Waals surface area contributed by atoms with Crippen molar-refractivity contribution in [3.63, 3.8) is 0 Å². The van der Waals surface area contributed by atoms with Gasteiger partial charge in [-0.2, -0.15) is 0 Å². The minimum absolute atomic E-state index is 0.0312. The van der Waals surface area contributed by atoms with E-state index < -0.39 is 0 Å². The van der Waals surface area contributed by atoms with E-state index in [1.165, 1.54) is 19.5 Å². The zero-order valence-corrected chi connectivity index (χ0v) is 14.8. The molecular weight excluding hydrogens is 334 g/mol. The van der Waals surface area contributed by atoms with Gasteiger partial charge in [0.25, 0.3) is 11.8 Å². The van der Waals surface area contributed by atoms with Crippen molar-refractivity contribution in [1.82, 2.24) is 9.97 Å². The summed E-state index contributed by atoms with van der Waals surface area (Å²) in [5.74, 6) is 0.138. The molecule has 1 aromatic carbocycles. The van der Waals surface area contributed by atoms with Gasteiger partial charge in [-0.25, -0.2) is 9.97 Å². The molecule has 0 unspecified atom stereocenters. The fourth-order valence-corrected chi connectivity index (χ4v) is 2.88. The number of rotatable bonds is 5. The topological polar surface area (TPSA) is 96.5 Å². The van der Waals surface area contributed by atoms with E-state index in [9.17, 15) is 9.59 Å². The molecule has 1 aliphatic rings. The summed E-state index contributed by atoms with van der Waals surface area (Å²) in [7, 11) is 3.23. The number of fused-ring (bicyclic) bond motifs is 1. The summed E-state index contributed by atoms with van der Waals surface area (Å²) < 4.78 is 4.96. The highest BCUT2D eigenvalue weighted by Crippen LogP contribution is 2.30. The molecule has 26 heavy (non-hydrogen) atoms. The summed E-state index contributed by atoms with van der Waals surface area (Å²) in [6, 6.07) is 5.58. The van der Waals surface area contributed by atoms with Crippen molar-refractivity contribution < 1.29 is 14.3 Å². The van der Waals surface area contributed by atoms with Gasteiger partial charge in [0, 0.05) is 32.1 Å². The maximum atomic E-state index is 12.4. The van der Waals surface area contributed by atoms with E-state index in [0.29, 0.717) is 18.1 Å². The lowest BCUT2D eigenvalue weighted by molar-refractivity contribution is -0.122. The highest BCUT2D eigenvalue weighted by atomic mass is 16.5. The van der Waals surface area contributed by atoms with Crippen LogP contribution in [-0.4, -0.2) is 49.1 Å². The van der Waals surface area contributed by atoms with Gasteiger partial charge >= 0.3 is 0 Å². The van der Waals surface area contributed by atoms with Crippen molar-refractivity contribution in [2.75, 3.05) is 42.8 Å². The molecule has 2 heterocycles. The van der Waals surface area contributed by atoms with Gasteiger partial charge in [-0.3, -0.25) is 9.59 Å². The first kappa shape index (κ1) is 17.8. The number of ether oxygens (including phenoxy) is 1. The van der Waals surface area contributed by atoms with Gasteiger partial charge in [-0.1, -0.05) is 6.07 Å². The maximum Gasteiger partial charge on any atom is 0.275 e. The lowest BCUT2D eigenvalue weighted by Gasteiger charge is -2.29. The van der Waals surface area contributed by atoms with Gasteiger partial charge in [0.15, 0.2) is 0 Å². The average molecular weight is 355 g/mol. The average Bonchev–Trinajstić information content (AvgIpc) is 2.67. The zero-order valence-electron chi connectivity index (χ0n) is 14.8. The first-order valence-corrected chi connectivity index (χ1v) is 8.35. The fraction of sp³-hybridized carbons (Fsp3) is 0.333. The van der Waals surface area contributed by atoms with E-state index in [0.717, 1.165) is 24.1 Å². The van der Waals surface area contributed by atoms with Crippen LogP contribution < -0.4 is 15.5 Å². The Labute approximate surface area is 151 Å². The fourth-order valence-electron chi connectivity index (χ4n) is 2.88. The Bertz CT molecular complexity index is 807. The van der Waals surface area contributed by atoms with Crippen LogP contribution in [0.4, 0.5) is 17.2 Å². The highest BCUT2D eigenvalue weighted by molar-refractivity contribution is 6.03. The predicted molar refractivity (Wildman–Crippen MR) is 98.5 cm³/mol. The van der Waals surface area contributed by atoms with E-state index in [2.05, 4.69) is 20.6 Å². The number of hydrogen-bond acceptors (Lipinski definition) is 6. The highest BCUT2D eigenvalue weighted by Gasteiger charge is 2.23. The Balaban J connectivity index is 1.79. The Morgan fingerprint density at radius 1 is 1.27 bits per heavy atom. The largest absolute Gasteiger partial charge is 0.375 e. The Morgan fingerprint density at radius 2 is 2.12 bits per heavy atom. The number of carbonyl (C=O) groups excluding carboxylic acids is 2. The van der Waals surface area contributed by atoms with Crippen molar-refractivity contribution >= 4 is 29.0 Å². The quantitative estimate of drug-likeness (QED) is 0.847. The lowest BCUT2D eigenvalue weighted by Crippen LogP contribution is -2.37. The van der Waals surface area contributed by atoms with Gasteiger partial charge in [0.05, 0.1) is 12.4 Å². The minimum Gasteiger partial charge on any atom is -0.375 e. The Hall–Kier alpha value is -3.00. The standard InChI is InChI=1S/C18H21N5O3/c1-19-16-10-20-14(9-21-16)18(25)22-13-6-5-12-4-3-7-23(15(12)8-13)17(24)11-26-2/h5-6,8-10H,3-4,7,11H2,1-2H3,(H,19,21)(H,22,25). The van der Waals surface area contributed by atoms with Gasteiger partial charge in [-0.15, -0.1) is 0 Å². The number of hydrogen-bond donors (Lipinski definition) is 2. The van der Waals surface area contributed by atoms with Crippen molar-refractivity contribution in [2.45, 2.75) is 12.8 Å². The van der Waals surface area contributed by atoms with E-state index in [4.69, 9.17) is 4.74 Å². The summed E-state index contributed by atoms with van der Waals surface area (Å²) >= 11 is 0. The number of amides is 2. The molecule has 136 valence electrons. The van der Waals surface area contributed by atoms with E-state index in [-0.39, 0.29) is 24.1 Å². The van der Waals surface area contributed by atoms with Crippen molar-refractivity contribution in [3.8, 4) is 0 Å². The second-order valence-electron chi connectivity index (χ2n) is 5.92. The molecule has 0 bridgehead atoms. The molecule has 0 radical (unpaired) electrons. The van der Waals surface area contributed by atoms with Crippen LogP contribution in [0.3, 0.4) is 0 Å². The molecule has 0 atom stereocenters. The van der Waals surface area contributed by atoms with Crippen molar-refractivity contribution in [1.29, 1.82) is 0 Å². The molecule has 2 amide bonds. The molecule has 2 aromatic rings. The van der Waals surface area contributed by atoms with E-state index in [1.807, 2.05) is 18.2 Å². The molecule has 0 fully saturated rings. The van der Waals surface area contributed by atoms with Crippen LogP contribution in [0.15, 0.2) is 30.6 Å². The molecule has 0 saturated heterocycles. The predicted octanol–water partition coefficient (Wildman–Crippen LogP) is 1.70. The number of methoxy groups -OCH3 is 1. The summed E-state index contributed by atoms with van der Waals surface area (Å²) in [5, 5.41) is 5.66. The van der Waals surface area contributed by atoms with E-state index >= 15 is 0 Å². The summed E-state index contributed by atoms with van der Waals surface area (Å²) in [4.78, 5) is 34.5. The van der Waals surface area contributed by atoms with Crippen LogP contribution in [-0.2, 0) is 16.0 Å². The minimum atomic E-state index is -0.356. The molecule has 0 spiro atoms. The maximum absolute atomic E-state index is 12.4. The Morgan fingerprint density at radius 3 is 2.81 bits per heavy atom. The SMILES string of the molecule is CNc1cnc(C(=O)Nc2ccc3c(c2)N(C(=O)COC)CCC3)cn1. The van der Waals surface area contributed by atoms with Crippen LogP contribution >= 0.6 is 0 Å². The number of aromatic nitrogens is 2. The second-order valence-corrected chi connectivity index (χ2v) is 5.92. The monoisotopic (exact) mass is 355 g/mol. The third kappa shape index (κ3) is 3.80. The van der Waals surface area contributed by atoms with Gasteiger partial charge in [-0.05, 0) is 30.5 Å². The van der Waals surface area contributed by atoms with Crippen LogP contribution in [0.2, 0.25) is 0 Å². The second kappa shape index (κ2) is 7.92. The third-order valence-electron chi connectivity index (χ3n) is 4.17. The third-order valence-corrected chi connectivity index (χ3v) is 4.17. The van der Waals surface area contributed by atoms with Gasteiger partial charge in [0.1, 0.15) is 18.1 Å². The van der Waals surface area contributed by atoms with Crippen LogP contribution in [0.1, 0.15) is 22.5 Å². The van der Waals surface area contributed by atoms with Crippen LogP contribution in [0.25, 0.3) is 0 Å². The van der Waals surface area contributed by atoms with Crippen LogP contribution in [0.5, 0.6) is 0 Å². The summed E-state index contributed by atoms with van der Waals surface area (Å²) in [6.07, 6.45) is 4.71. The first-order valence-electron chi connectivity index (χ1n) is 8.35. The molecule has 3 rings (SSSR count). The molecule has 0 aliphatic carbocycles. The number of carbonyl (C=O) groups is 2. The van der Waals surface area contributed by atoms with Gasteiger partial charge in [0.2, 0.25) is 0 Å². The normalized spacial score (nSPS) is 13.1. The molecule has 8 nitrogen and oxygen atoms in total. The van der Waals surface area contributed by atoms with E-state index in [1.54, 1.807) is 11.9 Å². The van der Waals surface area contributed by atoms with Crippen molar-refractivity contribution in [2.24, 2.45) is 0 Å². The number of aryl methyl sites for hydroxylation is 1. The number of nitrogens with one attached hydrogen (secondary N) is 2. The summed E-state index contributed by atoms with van der Waals surface area (Å²) in [5.41, 5.74) is 2.71. The molecule has 1 aliphatic heterocycles. The zero-order chi connectivity index (χ0) is 18.5. The molecule has 2 N–H and O–H groups in total. The number of benzene rings is 1. The molecule has 1 aromatic heterocycles. The molecular formula is C18H21N5O3. The number of anilines is 3. The molecule has 8 heteroatoms. The first-order chi connectivity index (χ1) is 12.6. The van der Waals surface area contributed by atoms with Crippen molar-refractivity contribution in [3.05, 3.63) is 41.9 Å². The number of nitrogens with zero attached hydrogens (tertiary/aromatic N) is 3. The lowest BCUT2D eigenvalue weighted by atomic mass is 10.0. The molecule has 0 saturated carbocycles. The van der Waals surface area contributed by atoms with Crippen LogP contribution in [0, 0.1) is 0 Å². The summed E-state index contributed by atoms with van der Waals surface area (Å²) in [6.45, 7) is 0.674.